The van der Waals surface area contributed by atoms with Crippen LogP contribution in [-0.4, -0.2) is 0 Å². The van der Waals surface area contributed by atoms with Crippen molar-refractivity contribution in [3.8, 4) is 39.4 Å². The minimum atomic E-state index is -0.0707. The fourth-order valence-corrected chi connectivity index (χ4v) is 7.59. The first kappa shape index (κ1) is 24.9. The molecule has 0 atom stereocenters. The molecular formula is C42H27NO. The number of nitriles is 1. The van der Waals surface area contributed by atoms with E-state index in [1.807, 2.05) is 12.1 Å². The van der Waals surface area contributed by atoms with Gasteiger partial charge >= 0.3 is 0 Å². The van der Waals surface area contributed by atoms with Crippen LogP contribution in [0.3, 0.4) is 0 Å². The average Bonchev–Trinajstić information content (AvgIpc) is 3.53. The third-order valence-electron chi connectivity index (χ3n) is 9.70. The molecule has 1 aromatic heterocycles. The van der Waals surface area contributed by atoms with E-state index in [0.717, 1.165) is 27.5 Å². The predicted molar refractivity (Wildman–Crippen MR) is 182 cm³/mol. The molecule has 0 fully saturated rings. The first-order chi connectivity index (χ1) is 21.5. The summed E-state index contributed by atoms with van der Waals surface area (Å²) in [4.78, 5) is 0. The number of hydrogen-bond acceptors (Lipinski definition) is 2. The minimum absolute atomic E-state index is 0.0707. The van der Waals surface area contributed by atoms with E-state index >= 15 is 0 Å². The molecular weight excluding hydrogens is 534 g/mol. The van der Waals surface area contributed by atoms with E-state index in [1.165, 1.54) is 60.5 Å². The molecule has 0 saturated heterocycles. The van der Waals surface area contributed by atoms with Gasteiger partial charge in [0.15, 0.2) is 0 Å². The molecule has 0 amide bonds. The normalized spacial score (nSPS) is 13.4. The van der Waals surface area contributed by atoms with Gasteiger partial charge in [-0.15, -0.1) is 0 Å². The van der Waals surface area contributed by atoms with E-state index in [-0.39, 0.29) is 5.41 Å². The van der Waals surface area contributed by atoms with Gasteiger partial charge in [-0.1, -0.05) is 105 Å². The van der Waals surface area contributed by atoms with Crippen LogP contribution >= 0.6 is 0 Å². The predicted octanol–water partition coefficient (Wildman–Crippen LogP) is 11.4. The summed E-state index contributed by atoms with van der Waals surface area (Å²) in [5.74, 6) is 0. The van der Waals surface area contributed by atoms with Crippen LogP contribution in [0, 0.1) is 11.3 Å². The Morgan fingerprint density at radius 1 is 0.500 bits per heavy atom. The topological polar surface area (TPSA) is 36.9 Å². The average molecular weight is 562 g/mol. The van der Waals surface area contributed by atoms with Crippen LogP contribution in [0.15, 0.2) is 132 Å². The van der Waals surface area contributed by atoms with Crippen LogP contribution < -0.4 is 0 Å². The van der Waals surface area contributed by atoms with Crippen LogP contribution in [0.5, 0.6) is 0 Å². The molecule has 2 nitrogen and oxygen atoms in total. The van der Waals surface area contributed by atoms with Crippen molar-refractivity contribution in [1.82, 2.24) is 0 Å². The molecule has 0 spiro atoms. The van der Waals surface area contributed by atoms with E-state index in [0.29, 0.717) is 5.56 Å². The number of nitrogens with zero attached hydrogens (tertiary/aromatic N) is 1. The molecule has 2 heteroatoms. The highest BCUT2D eigenvalue weighted by molar-refractivity contribution is 6.22. The van der Waals surface area contributed by atoms with Gasteiger partial charge < -0.3 is 4.42 Å². The van der Waals surface area contributed by atoms with Crippen LogP contribution in [0.1, 0.15) is 30.5 Å². The van der Waals surface area contributed by atoms with Crippen LogP contribution in [-0.2, 0) is 5.41 Å². The Bertz CT molecular complexity index is 2470. The first-order valence-corrected chi connectivity index (χ1v) is 15.1. The molecule has 9 rings (SSSR count). The molecule has 0 unspecified atom stereocenters. The van der Waals surface area contributed by atoms with Gasteiger partial charge in [0.25, 0.3) is 0 Å². The summed E-state index contributed by atoms with van der Waals surface area (Å²) < 4.78 is 6.51. The van der Waals surface area contributed by atoms with E-state index in [2.05, 4.69) is 135 Å². The molecule has 8 aromatic rings. The zero-order chi connectivity index (χ0) is 29.6. The Hall–Kier alpha value is -5.65. The summed E-state index contributed by atoms with van der Waals surface area (Å²) in [6.45, 7) is 4.62. The molecule has 7 aromatic carbocycles. The molecule has 0 saturated carbocycles. The lowest BCUT2D eigenvalue weighted by Gasteiger charge is -2.21. The summed E-state index contributed by atoms with van der Waals surface area (Å²) in [5, 5.41) is 16.5. The number of furan rings is 1. The molecule has 0 aliphatic heterocycles. The summed E-state index contributed by atoms with van der Waals surface area (Å²) in [6.07, 6.45) is 0. The van der Waals surface area contributed by atoms with Gasteiger partial charge in [0.05, 0.1) is 11.6 Å². The summed E-state index contributed by atoms with van der Waals surface area (Å²) in [7, 11) is 0. The van der Waals surface area contributed by atoms with Crippen molar-refractivity contribution in [2.75, 3.05) is 0 Å². The molecule has 0 radical (unpaired) electrons. The van der Waals surface area contributed by atoms with E-state index < -0.39 is 0 Å². The summed E-state index contributed by atoms with van der Waals surface area (Å²) in [6, 6.07) is 47.6. The van der Waals surface area contributed by atoms with Crippen molar-refractivity contribution in [1.29, 1.82) is 5.26 Å². The molecule has 1 aliphatic carbocycles. The second kappa shape index (κ2) is 8.93. The highest BCUT2D eigenvalue weighted by Gasteiger charge is 2.36. The number of benzene rings is 7. The Morgan fingerprint density at radius 3 is 1.73 bits per heavy atom. The summed E-state index contributed by atoms with van der Waals surface area (Å²) in [5.41, 5.74) is 12.4. The van der Waals surface area contributed by atoms with Crippen molar-refractivity contribution < 1.29 is 4.42 Å². The summed E-state index contributed by atoms with van der Waals surface area (Å²) >= 11 is 0. The quantitative estimate of drug-likeness (QED) is 0.197. The van der Waals surface area contributed by atoms with Crippen LogP contribution in [0.2, 0.25) is 0 Å². The van der Waals surface area contributed by atoms with Gasteiger partial charge in [0.2, 0.25) is 0 Å². The lowest BCUT2D eigenvalue weighted by atomic mass is 9.82. The van der Waals surface area contributed by atoms with Gasteiger partial charge in [-0.3, -0.25) is 0 Å². The smallest absolute Gasteiger partial charge is 0.135 e. The van der Waals surface area contributed by atoms with Gasteiger partial charge in [0, 0.05) is 16.2 Å². The van der Waals surface area contributed by atoms with Crippen molar-refractivity contribution in [3.63, 3.8) is 0 Å². The Labute approximate surface area is 255 Å². The minimum Gasteiger partial charge on any atom is -0.456 e. The first-order valence-electron chi connectivity index (χ1n) is 15.1. The fraction of sp³-hybridized carbons (Fsp3) is 0.0714. The molecule has 0 bridgehead atoms. The van der Waals surface area contributed by atoms with Crippen molar-refractivity contribution >= 4 is 43.5 Å². The zero-order valence-corrected chi connectivity index (χ0v) is 24.5. The maximum absolute atomic E-state index is 9.39. The van der Waals surface area contributed by atoms with Gasteiger partial charge in [0.1, 0.15) is 11.2 Å². The van der Waals surface area contributed by atoms with Crippen molar-refractivity contribution in [2.45, 2.75) is 19.3 Å². The third-order valence-corrected chi connectivity index (χ3v) is 9.70. The van der Waals surface area contributed by atoms with Crippen LogP contribution in [0.4, 0.5) is 0 Å². The standard InChI is InChI=1S/C42H27NO/c1-42(2)36-14-8-7-9-28(36)33-22-35-34-21-27(19-20-38(34)44-39(35)23-37(33)42)41-31-12-5-3-10-29(31)40(30-11-4-6-13-32(30)41)26-17-15-25(24-43)16-18-26/h3-23H,1-2H3. The Kier molecular flexibility index (Phi) is 5.05. The number of hydrogen-bond donors (Lipinski definition) is 0. The number of fused-ring (bicyclic) bond motifs is 8. The largest absolute Gasteiger partial charge is 0.456 e. The number of rotatable bonds is 2. The van der Waals surface area contributed by atoms with Gasteiger partial charge in [-0.05, 0) is 102 Å². The SMILES string of the molecule is CC1(C)c2ccccc2-c2cc3c(cc21)oc1ccc(-c2c4ccccc4c(-c4ccc(C#N)cc4)c4ccccc24)cc13. The Morgan fingerprint density at radius 2 is 1.07 bits per heavy atom. The van der Waals surface area contributed by atoms with E-state index in [1.54, 1.807) is 0 Å². The van der Waals surface area contributed by atoms with E-state index in [9.17, 15) is 5.26 Å². The van der Waals surface area contributed by atoms with E-state index in [4.69, 9.17) is 4.42 Å². The highest BCUT2D eigenvalue weighted by Crippen LogP contribution is 2.51. The van der Waals surface area contributed by atoms with Crippen LogP contribution in [0.25, 0.3) is 76.9 Å². The highest BCUT2D eigenvalue weighted by atomic mass is 16.3. The zero-order valence-electron chi connectivity index (χ0n) is 24.5. The molecule has 0 N–H and O–H groups in total. The van der Waals surface area contributed by atoms with Crippen molar-refractivity contribution in [3.05, 3.63) is 144 Å². The molecule has 1 aliphatic rings. The Balaban J connectivity index is 1.32. The van der Waals surface area contributed by atoms with Gasteiger partial charge in [-0.25, -0.2) is 0 Å². The second-order valence-electron chi connectivity index (χ2n) is 12.4. The lowest BCUT2D eigenvalue weighted by molar-refractivity contribution is 0.647. The molecule has 44 heavy (non-hydrogen) atoms. The lowest BCUT2D eigenvalue weighted by Crippen LogP contribution is -2.14. The maximum Gasteiger partial charge on any atom is 0.135 e. The maximum atomic E-state index is 9.39. The van der Waals surface area contributed by atoms with Crippen molar-refractivity contribution in [2.24, 2.45) is 0 Å². The van der Waals surface area contributed by atoms with Gasteiger partial charge in [-0.2, -0.15) is 5.26 Å². The third kappa shape index (κ3) is 3.36. The monoisotopic (exact) mass is 561 g/mol. The second-order valence-corrected chi connectivity index (χ2v) is 12.4. The molecule has 206 valence electrons. The molecule has 1 heterocycles. The fourth-order valence-electron chi connectivity index (χ4n) is 7.59.